The summed E-state index contributed by atoms with van der Waals surface area (Å²) in [5.41, 5.74) is 5.78. The van der Waals surface area contributed by atoms with Gasteiger partial charge in [-0.2, -0.15) is 11.8 Å². The maximum Gasteiger partial charge on any atom is 0.0221 e. The zero-order valence-electron chi connectivity index (χ0n) is 8.83. The van der Waals surface area contributed by atoms with E-state index >= 15 is 0 Å². The summed E-state index contributed by atoms with van der Waals surface area (Å²) in [5, 5.41) is 0. The molecule has 1 fully saturated rings. The van der Waals surface area contributed by atoms with E-state index in [1.807, 2.05) is 11.8 Å². The topological polar surface area (TPSA) is 29.3 Å². The van der Waals surface area contributed by atoms with Crippen LogP contribution in [0.15, 0.2) is 0 Å². The Hall–Kier alpha value is 0.270. The highest BCUT2D eigenvalue weighted by atomic mass is 32.2. The van der Waals surface area contributed by atoms with Crippen LogP contribution < -0.4 is 5.73 Å². The molecule has 2 atom stereocenters. The summed E-state index contributed by atoms with van der Waals surface area (Å²) < 4.78 is 0. The van der Waals surface area contributed by atoms with Gasteiger partial charge in [-0.3, -0.25) is 4.90 Å². The maximum atomic E-state index is 5.78. The van der Waals surface area contributed by atoms with E-state index in [0.717, 1.165) is 12.6 Å². The summed E-state index contributed by atoms with van der Waals surface area (Å²) in [6, 6.07) is 1.39. The molecule has 0 bridgehead atoms. The molecule has 0 amide bonds. The van der Waals surface area contributed by atoms with Crippen molar-refractivity contribution in [3.05, 3.63) is 0 Å². The molecule has 2 nitrogen and oxygen atoms in total. The first-order chi connectivity index (χ1) is 6.29. The number of nitrogens with two attached hydrogens (primary N) is 1. The van der Waals surface area contributed by atoms with E-state index in [2.05, 4.69) is 18.1 Å². The Morgan fingerprint density at radius 1 is 1.46 bits per heavy atom. The number of thioether (sulfide) groups is 1. The Kier molecular flexibility index (Phi) is 5.14. The van der Waals surface area contributed by atoms with E-state index in [4.69, 9.17) is 5.73 Å². The highest BCUT2D eigenvalue weighted by Gasteiger charge is 2.25. The minimum Gasteiger partial charge on any atom is -0.329 e. The lowest BCUT2D eigenvalue weighted by Crippen LogP contribution is -2.49. The van der Waals surface area contributed by atoms with Crippen molar-refractivity contribution in [2.24, 2.45) is 5.73 Å². The summed E-state index contributed by atoms with van der Waals surface area (Å²) in [6.45, 7) is 4.38. The monoisotopic (exact) mass is 202 g/mol. The Morgan fingerprint density at radius 3 is 2.85 bits per heavy atom. The van der Waals surface area contributed by atoms with Gasteiger partial charge in [0.05, 0.1) is 0 Å². The van der Waals surface area contributed by atoms with Crippen LogP contribution in [0.2, 0.25) is 0 Å². The first kappa shape index (κ1) is 11.3. The van der Waals surface area contributed by atoms with Crippen molar-refractivity contribution in [1.29, 1.82) is 0 Å². The van der Waals surface area contributed by atoms with Gasteiger partial charge < -0.3 is 5.73 Å². The van der Waals surface area contributed by atoms with Crippen LogP contribution in [0.1, 0.15) is 26.2 Å². The molecule has 2 unspecified atom stereocenters. The predicted octanol–water partition coefficient (Wildman–Crippen LogP) is 1.55. The van der Waals surface area contributed by atoms with E-state index in [0.29, 0.717) is 6.04 Å². The van der Waals surface area contributed by atoms with Gasteiger partial charge in [0.15, 0.2) is 0 Å². The van der Waals surface area contributed by atoms with Crippen molar-refractivity contribution in [2.75, 3.05) is 25.1 Å². The normalized spacial score (nSPS) is 30.7. The standard InChI is InChI=1S/C10H22N2S/c1-9-4-3-5-10(8-11)12(9)6-7-13-2/h9-10H,3-8,11H2,1-2H3. The average molecular weight is 202 g/mol. The molecular formula is C10H22N2S. The highest BCUT2D eigenvalue weighted by Crippen LogP contribution is 2.22. The molecule has 0 radical (unpaired) electrons. The Balaban J connectivity index is 2.41. The second kappa shape index (κ2) is 5.89. The van der Waals surface area contributed by atoms with E-state index in [9.17, 15) is 0 Å². The largest absolute Gasteiger partial charge is 0.329 e. The molecule has 1 rings (SSSR count). The lowest BCUT2D eigenvalue weighted by Gasteiger charge is -2.40. The minimum absolute atomic E-state index is 0.649. The fourth-order valence-corrected chi connectivity index (χ4v) is 2.59. The van der Waals surface area contributed by atoms with Crippen LogP contribution >= 0.6 is 11.8 Å². The quantitative estimate of drug-likeness (QED) is 0.750. The number of hydrogen-bond acceptors (Lipinski definition) is 3. The second-order valence-corrected chi connectivity index (χ2v) is 4.89. The van der Waals surface area contributed by atoms with Crippen molar-refractivity contribution in [1.82, 2.24) is 4.90 Å². The SMILES string of the molecule is CSCCN1C(C)CCCC1CN. The molecule has 13 heavy (non-hydrogen) atoms. The summed E-state index contributed by atoms with van der Waals surface area (Å²) in [7, 11) is 0. The molecule has 1 saturated heterocycles. The first-order valence-corrected chi connectivity index (χ1v) is 6.63. The van der Waals surface area contributed by atoms with Gasteiger partial charge in [0.1, 0.15) is 0 Å². The molecule has 78 valence electrons. The zero-order chi connectivity index (χ0) is 9.68. The number of piperidine rings is 1. The second-order valence-electron chi connectivity index (χ2n) is 3.90. The third kappa shape index (κ3) is 3.15. The van der Waals surface area contributed by atoms with Gasteiger partial charge >= 0.3 is 0 Å². The van der Waals surface area contributed by atoms with Gasteiger partial charge in [-0.05, 0) is 26.0 Å². The van der Waals surface area contributed by atoms with Crippen LogP contribution in [-0.4, -0.2) is 42.1 Å². The highest BCUT2D eigenvalue weighted by molar-refractivity contribution is 7.98. The lowest BCUT2D eigenvalue weighted by molar-refractivity contribution is 0.106. The van der Waals surface area contributed by atoms with Crippen LogP contribution in [0.3, 0.4) is 0 Å². The molecule has 1 heterocycles. The fourth-order valence-electron chi connectivity index (χ4n) is 2.19. The molecule has 0 aromatic carbocycles. The molecule has 2 N–H and O–H groups in total. The lowest BCUT2D eigenvalue weighted by atomic mass is 9.97. The molecule has 0 aliphatic carbocycles. The van der Waals surface area contributed by atoms with Crippen LogP contribution in [0, 0.1) is 0 Å². The van der Waals surface area contributed by atoms with Gasteiger partial charge in [-0.1, -0.05) is 6.42 Å². The Labute approximate surface area is 86.2 Å². The van der Waals surface area contributed by atoms with Gasteiger partial charge in [0.25, 0.3) is 0 Å². The van der Waals surface area contributed by atoms with Crippen molar-refractivity contribution in [3.63, 3.8) is 0 Å². The molecule has 1 aliphatic rings. The van der Waals surface area contributed by atoms with Crippen LogP contribution in [0.25, 0.3) is 0 Å². The molecule has 1 aliphatic heterocycles. The van der Waals surface area contributed by atoms with Gasteiger partial charge in [-0.15, -0.1) is 0 Å². The Morgan fingerprint density at radius 2 is 2.23 bits per heavy atom. The third-order valence-electron chi connectivity index (χ3n) is 3.02. The van der Waals surface area contributed by atoms with E-state index in [1.54, 1.807) is 0 Å². The van der Waals surface area contributed by atoms with Crippen LogP contribution in [0.5, 0.6) is 0 Å². The summed E-state index contributed by atoms with van der Waals surface area (Å²) >= 11 is 1.93. The van der Waals surface area contributed by atoms with E-state index in [-0.39, 0.29) is 0 Å². The number of likely N-dealkylation sites (tertiary alicyclic amines) is 1. The third-order valence-corrected chi connectivity index (χ3v) is 3.61. The summed E-state index contributed by atoms with van der Waals surface area (Å²) in [4.78, 5) is 2.60. The van der Waals surface area contributed by atoms with Gasteiger partial charge in [-0.25, -0.2) is 0 Å². The van der Waals surface area contributed by atoms with Gasteiger partial charge in [0, 0.05) is 30.9 Å². The molecule has 0 spiro atoms. The molecule has 0 aromatic rings. The number of rotatable bonds is 4. The van der Waals surface area contributed by atoms with E-state index < -0.39 is 0 Å². The number of nitrogens with zero attached hydrogens (tertiary/aromatic N) is 1. The zero-order valence-corrected chi connectivity index (χ0v) is 9.65. The van der Waals surface area contributed by atoms with Crippen molar-refractivity contribution >= 4 is 11.8 Å². The van der Waals surface area contributed by atoms with Crippen molar-refractivity contribution in [2.45, 2.75) is 38.3 Å². The average Bonchev–Trinajstić information content (AvgIpc) is 2.15. The van der Waals surface area contributed by atoms with Crippen molar-refractivity contribution in [3.8, 4) is 0 Å². The van der Waals surface area contributed by atoms with Crippen LogP contribution in [0.4, 0.5) is 0 Å². The first-order valence-electron chi connectivity index (χ1n) is 5.24. The maximum absolute atomic E-state index is 5.78. The molecule has 0 saturated carbocycles. The van der Waals surface area contributed by atoms with Crippen molar-refractivity contribution < 1.29 is 0 Å². The Bertz CT molecular complexity index is 141. The number of hydrogen-bond donors (Lipinski definition) is 1. The predicted molar refractivity (Wildman–Crippen MR) is 61.2 cm³/mol. The fraction of sp³-hybridized carbons (Fsp3) is 1.00. The van der Waals surface area contributed by atoms with Gasteiger partial charge in [0.2, 0.25) is 0 Å². The molecule has 3 heteroatoms. The summed E-state index contributed by atoms with van der Waals surface area (Å²) in [5.74, 6) is 1.24. The smallest absolute Gasteiger partial charge is 0.0221 e. The molecular weight excluding hydrogens is 180 g/mol. The van der Waals surface area contributed by atoms with E-state index in [1.165, 1.54) is 31.6 Å². The van der Waals surface area contributed by atoms with Crippen LogP contribution in [-0.2, 0) is 0 Å². The molecule has 0 aromatic heterocycles. The summed E-state index contributed by atoms with van der Waals surface area (Å²) in [6.07, 6.45) is 6.19. The minimum atomic E-state index is 0.649.